The number of rotatable bonds is 3. The van der Waals surface area contributed by atoms with Gasteiger partial charge in [-0.1, -0.05) is 96.5 Å². The molecule has 1 heteroatoms. The van der Waals surface area contributed by atoms with Gasteiger partial charge in [0.05, 0.1) is 0 Å². The summed E-state index contributed by atoms with van der Waals surface area (Å²) in [6.45, 7) is 16.9. The van der Waals surface area contributed by atoms with E-state index in [9.17, 15) is 0 Å². The van der Waals surface area contributed by atoms with Gasteiger partial charge in [0.1, 0.15) is 0 Å². The summed E-state index contributed by atoms with van der Waals surface area (Å²) in [5, 5.41) is 0. The van der Waals surface area contributed by atoms with Crippen molar-refractivity contribution in [2.45, 2.75) is 60.8 Å². The molecule has 1 nitrogen and oxygen atoms in total. The van der Waals surface area contributed by atoms with Gasteiger partial charge in [-0.15, -0.1) is 0 Å². The van der Waals surface area contributed by atoms with Crippen LogP contribution in [0.25, 0.3) is 0 Å². The number of para-hydroxylation sites is 1. The fourth-order valence-corrected chi connectivity index (χ4v) is 2.83. The minimum Gasteiger partial charge on any atom is -0.311 e. The molecule has 150 valence electrons. The van der Waals surface area contributed by atoms with E-state index < -0.39 is 0 Å². The van der Waals surface area contributed by atoms with Gasteiger partial charge < -0.3 is 4.90 Å². The number of anilines is 3. The normalized spacial score (nSPS) is 10.1. The van der Waals surface area contributed by atoms with E-state index in [1.54, 1.807) is 0 Å². The van der Waals surface area contributed by atoms with Crippen molar-refractivity contribution < 1.29 is 0 Å². The van der Waals surface area contributed by atoms with Crippen LogP contribution in [0.15, 0.2) is 78.9 Å². The molecule has 0 spiro atoms. The summed E-state index contributed by atoms with van der Waals surface area (Å²) in [7, 11) is 0. The average Bonchev–Trinajstić information content (AvgIpc) is 2.73. The summed E-state index contributed by atoms with van der Waals surface area (Å²) in [4.78, 5) is 2.30. The van der Waals surface area contributed by atoms with Crippen molar-refractivity contribution in [3.8, 4) is 0 Å². The molecule has 0 heterocycles. The second kappa shape index (κ2) is 11.3. The monoisotopic (exact) mass is 375 g/mol. The molecule has 0 aliphatic carbocycles. The van der Waals surface area contributed by atoms with Crippen molar-refractivity contribution in [1.82, 2.24) is 0 Å². The first-order chi connectivity index (χ1) is 13.4. The van der Waals surface area contributed by atoms with Crippen LogP contribution in [-0.4, -0.2) is 0 Å². The SMILES string of the molecule is CC.CC.Cc1ccc(N(c2ccccc2)c2ccc(C(C)(C)C)cc2)cc1. The van der Waals surface area contributed by atoms with E-state index in [0.29, 0.717) is 0 Å². The minimum absolute atomic E-state index is 0.167. The van der Waals surface area contributed by atoms with Gasteiger partial charge in [0.25, 0.3) is 0 Å². The van der Waals surface area contributed by atoms with Crippen molar-refractivity contribution in [3.63, 3.8) is 0 Å². The van der Waals surface area contributed by atoms with E-state index >= 15 is 0 Å². The molecule has 0 saturated carbocycles. The van der Waals surface area contributed by atoms with Gasteiger partial charge in [0.15, 0.2) is 0 Å². The number of hydrogen-bond donors (Lipinski definition) is 0. The summed E-state index contributed by atoms with van der Waals surface area (Å²) in [5.41, 5.74) is 6.32. The third-order valence-corrected chi connectivity index (χ3v) is 4.30. The molecule has 0 aliphatic rings. The van der Waals surface area contributed by atoms with E-state index in [0.717, 1.165) is 0 Å². The lowest BCUT2D eigenvalue weighted by molar-refractivity contribution is 0.590. The van der Waals surface area contributed by atoms with Crippen LogP contribution >= 0.6 is 0 Å². The van der Waals surface area contributed by atoms with Gasteiger partial charge in [-0.25, -0.2) is 0 Å². The molecule has 0 aromatic heterocycles. The quantitative estimate of drug-likeness (QED) is 0.442. The first kappa shape index (κ1) is 23.5. The van der Waals surface area contributed by atoms with E-state index in [4.69, 9.17) is 0 Å². The Morgan fingerprint density at radius 2 is 0.929 bits per heavy atom. The van der Waals surface area contributed by atoms with Gasteiger partial charge in [0.2, 0.25) is 0 Å². The van der Waals surface area contributed by atoms with Crippen molar-refractivity contribution in [2.24, 2.45) is 0 Å². The highest BCUT2D eigenvalue weighted by Gasteiger charge is 2.16. The van der Waals surface area contributed by atoms with Crippen molar-refractivity contribution >= 4 is 17.1 Å². The first-order valence-electron chi connectivity index (χ1n) is 10.5. The molecule has 0 saturated heterocycles. The minimum atomic E-state index is 0.167. The fraction of sp³-hybridized carbons (Fsp3) is 0.333. The highest BCUT2D eigenvalue weighted by atomic mass is 15.1. The molecular formula is C27H37N. The molecule has 3 aromatic rings. The van der Waals surface area contributed by atoms with Crippen molar-refractivity contribution in [3.05, 3.63) is 90.0 Å². The second-order valence-corrected chi connectivity index (χ2v) is 7.30. The molecule has 0 aliphatic heterocycles. The van der Waals surface area contributed by atoms with Crippen LogP contribution in [0, 0.1) is 6.92 Å². The summed E-state index contributed by atoms with van der Waals surface area (Å²) >= 11 is 0. The van der Waals surface area contributed by atoms with E-state index in [1.807, 2.05) is 27.7 Å². The molecule has 0 atom stereocenters. The van der Waals surface area contributed by atoms with Crippen LogP contribution in [0.5, 0.6) is 0 Å². The maximum absolute atomic E-state index is 2.30. The molecule has 0 N–H and O–H groups in total. The Morgan fingerprint density at radius 1 is 0.536 bits per heavy atom. The highest BCUT2D eigenvalue weighted by Crippen LogP contribution is 2.35. The maximum atomic E-state index is 2.30. The molecule has 0 radical (unpaired) electrons. The Hall–Kier alpha value is -2.54. The van der Waals surface area contributed by atoms with Gasteiger partial charge in [-0.2, -0.15) is 0 Å². The van der Waals surface area contributed by atoms with Gasteiger partial charge >= 0.3 is 0 Å². The first-order valence-corrected chi connectivity index (χ1v) is 10.5. The zero-order chi connectivity index (χ0) is 21.2. The smallest absolute Gasteiger partial charge is 0.0461 e. The number of hydrogen-bond acceptors (Lipinski definition) is 1. The molecule has 3 aromatic carbocycles. The summed E-state index contributed by atoms with van der Waals surface area (Å²) < 4.78 is 0. The molecule has 0 amide bonds. The molecular weight excluding hydrogens is 338 g/mol. The highest BCUT2D eigenvalue weighted by molar-refractivity contribution is 5.76. The number of nitrogens with zero attached hydrogens (tertiary/aromatic N) is 1. The lowest BCUT2D eigenvalue weighted by Crippen LogP contribution is -2.13. The topological polar surface area (TPSA) is 3.24 Å². The molecule has 28 heavy (non-hydrogen) atoms. The van der Waals surface area contributed by atoms with Crippen LogP contribution in [-0.2, 0) is 5.41 Å². The van der Waals surface area contributed by atoms with Gasteiger partial charge in [-0.3, -0.25) is 0 Å². The predicted octanol–water partition coefficient (Wildman–Crippen LogP) is 8.81. The Labute approximate surface area is 173 Å². The van der Waals surface area contributed by atoms with Crippen LogP contribution in [0.4, 0.5) is 17.1 Å². The lowest BCUT2D eigenvalue weighted by atomic mass is 9.87. The number of aryl methyl sites for hydroxylation is 1. The fourth-order valence-electron chi connectivity index (χ4n) is 2.83. The largest absolute Gasteiger partial charge is 0.311 e. The van der Waals surface area contributed by atoms with Crippen LogP contribution in [0.3, 0.4) is 0 Å². The Bertz CT molecular complexity index is 778. The Morgan fingerprint density at radius 3 is 1.36 bits per heavy atom. The van der Waals surface area contributed by atoms with Crippen LogP contribution < -0.4 is 4.90 Å². The molecule has 0 fully saturated rings. The molecule has 3 rings (SSSR count). The van der Waals surface area contributed by atoms with Gasteiger partial charge in [-0.05, 0) is 54.3 Å². The Kier molecular flexibility index (Phi) is 9.51. The third kappa shape index (κ3) is 6.27. The zero-order valence-electron chi connectivity index (χ0n) is 19.0. The zero-order valence-corrected chi connectivity index (χ0v) is 19.0. The van der Waals surface area contributed by atoms with Crippen molar-refractivity contribution in [2.75, 3.05) is 4.90 Å². The summed E-state index contributed by atoms with van der Waals surface area (Å²) in [6.07, 6.45) is 0. The third-order valence-electron chi connectivity index (χ3n) is 4.30. The van der Waals surface area contributed by atoms with Crippen LogP contribution in [0.2, 0.25) is 0 Å². The predicted molar refractivity (Wildman–Crippen MR) is 127 cm³/mol. The maximum Gasteiger partial charge on any atom is 0.0461 e. The van der Waals surface area contributed by atoms with Crippen molar-refractivity contribution in [1.29, 1.82) is 0 Å². The standard InChI is InChI=1S/C23H25N.2C2H6/c1-18-10-14-21(15-11-18)24(20-8-6-5-7-9-20)22-16-12-19(13-17-22)23(2,3)4;2*1-2/h5-17H,1-4H3;2*1-2H3. The summed E-state index contributed by atoms with van der Waals surface area (Å²) in [6, 6.07) is 28.1. The Balaban J connectivity index is 0.000000921. The average molecular weight is 376 g/mol. The van der Waals surface area contributed by atoms with E-state index in [-0.39, 0.29) is 5.41 Å². The van der Waals surface area contributed by atoms with E-state index in [2.05, 4.69) is 111 Å². The lowest BCUT2D eigenvalue weighted by Gasteiger charge is -2.27. The second-order valence-electron chi connectivity index (χ2n) is 7.30. The number of benzene rings is 3. The van der Waals surface area contributed by atoms with Gasteiger partial charge in [0, 0.05) is 17.1 Å². The van der Waals surface area contributed by atoms with E-state index in [1.165, 1.54) is 28.2 Å². The van der Waals surface area contributed by atoms with Crippen LogP contribution in [0.1, 0.15) is 59.6 Å². The molecule has 0 unspecified atom stereocenters. The summed E-state index contributed by atoms with van der Waals surface area (Å²) in [5.74, 6) is 0. The molecule has 0 bridgehead atoms.